The van der Waals surface area contributed by atoms with E-state index in [1.165, 1.54) is 15.7 Å². The number of sulfonamides is 1. The first kappa shape index (κ1) is 13.8. The number of nitrogens with one attached hydrogen (secondary N) is 1. The standard InChI is InChI=1S/C9H12ClN3O3S2/c1-6(2)5-16-12-18(14,15)8-7(10)11-9-13(8)3-4-17-9/h3-4,6,12H,5H2,1-2H3. The van der Waals surface area contributed by atoms with E-state index in [1.54, 1.807) is 11.6 Å². The van der Waals surface area contributed by atoms with Gasteiger partial charge in [-0.25, -0.2) is 13.4 Å². The van der Waals surface area contributed by atoms with Gasteiger partial charge in [0.05, 0.1) is 6.61 Å². The summed E-state index contributed by atoms with van der Waals surface area (Å²) in [6, 6.07) is 0. The largest absolute Gasteiger partial charge is 0.287 e. The first-order chi connectivity index (χ1) is 8.42. The van der Waals surface area contributed by atoms with E-state index in [2.05, 4.69) is 4.98 Å². The molecule has 0 atom stereocenters. The van der Waals surface area contributed by atoms with Crippen LogP contribution in [0.1, 0.15) is 13.8 Å². The highest BCUT2D eigenvalue weighted by molar-refractivity contribution is 7.89. The van der Waals surface area contributed by atoms with Gasteiger partial charge in [-0.3, -0.25) is 9.24 Å². The third-order valence-electron chi connectivity index (χ3n) is 2.02. The summed E-state index contributed by atoms with van der Waals surface area (Å²) in [5, 5.41) is 1.55. The number of fused-ring (bicyclic) bond motifs is 1. The molecule has 2 aromatic heterocycles. The number of nitrogens with zero attached hydrogens (tertiary/aromatic N) is 2. The van der Waals surface area contributed by atoms with Crippen molar-refractivity contribution in [3.8, 4) is 0 Å². The first-order valence-electron chi connectivity index (χ1n) is 5.16. The molecule has 0 unspecified atom stereocenters. The maximum atomic E-state index is 12.0. The average molecular weight is 310 g/mol. The van der Waals surface area contributed by atoms with Crippen LogP contribution in [0.2, 0.25) is 5.15 Å². The SMILES string of the molecule is CC(C)CONS(=O)(=O)c1c(Cl)nc2sccn12. The number of hydrogen-bond donors (Lipinski definition) is 1. The van der Waals surface area contributed by atoms with Gasteiger partial charge in [-0.15, -0.1) is 11.3 Å². The lowest BCUT2D eigenvalue weighted by atomic mass is 10.2. The van der Waals surface area contributed by atoms with Gasteiger partial charge in [0.1, 0.15) is 0 Å². The second kappa shape index (κ2) is 5.14. The van der Waals surface area contributed by atoms with Gasteiger partial charge in [-0.05, 0) is 5.92 Å². The molecule has 2 aromatic rings. The van der Waals surface area contributed by atoms with Gasteiger partial charge < -0.3 is 0 Å². The fourth-order valence-corrected chi connectivity index (χ4v) is 3.57. The second-order valence-electron chi connectivity index (χ2n) is 4.05. The highest BCUT2D eigenvalue weighted by atomic mass is 35.5. The summed E-state index contributed by atoms with van der Waals surface area (Å²) in [6.45, 7) is 4.11. The molecule has 0 saturated carbocycles. The molecule has 18 heavy (non-hydrogen) atoms. The molecule has 100 valence electrons. The van der Waals surface area contributed by atoms with Crippen molar-refractivity contribution in [2.75, 3.05) is 6.61 Å². The van der Waals surface area contributed by atoms with Crippen LogP contribution in [0.15, 0.2) is 16.6 Å². The fourth-order valence-electron chi connectivity index (χ4n) is 1.30. The van der Waals surface area contributed by atoms with E-state index >= 15 is 0 Å². The normalized spacial score (nSPS) is 12.7. The van der Waals surface area contributed by atoms with E-state index in [4.69, 9.17) is 16.4 Å². The molecule has 0 saturated heterocycles. The summed E-state index contributed by atoms with van der Waals surface area (Å²) >= 11 is 7.14. The molecule has 2 heterocycles. The van der Waals surface area contributed by atoms with Crippen molar-refractivity contribution in [2.45, 2.75) is 18.9 Å². The molecule has 0 fully saturated rings. The molecular weight excluding hydrogens is 298 g/mol. The summed E-state index contributed by atoms with van der Waals surface area (Å²) in [5.74, 6) is 0.217. The van der Waals surface area contributed by atoms with Crippen LogP contribution in [0.3, 0.4) is 0 Å². The summed E-state index contributed by atoms with van der Waals surface area (Å²) in [6.07, 6.45) is 1.59. The lowest BCUT2D eigenvalue weighted by Crippen LogP contribution is -2.27. The predicted octanol–water partition coefficient (Wildman–Crippen LogP) is 1.92. The smallest absolute Gasteiger partial charge is 0.281 e. The molecule has 9 heteroatoms. The maximum Gasteiger partial charge on any atom is 0.281 e. The molecule has 2 rings (SSSR count). The van der Waals surface area contributed by atoms with E-state index in [1.807, 2.05) is 18.7 Å². The van der Waals surface area contributed by atoms with Gasteiger partial charge in [0.15, 0.2) is 15.1 Å². The minimum Gasteiger partial charge on any atom is -0.287 e. The highest BCUT2D eigenvalue weighted by Crippen LogP contribution is 2.25. The Balaban J connectivity index is 2.29. The predicted molar refractivity (Wildman–Crippen MR) is 69.2 cm³/mol. The van der Waals surface area contributed by atoms with Crippen molar-refractivity contribution < 1.29 is 13.3 Å². The van der Waals surface area contributed by atoms with Crippen molar-refractivity contribution in [1.82, 2.24) is 14.3 Å². The number of thiazole rings is 1. The van der Waals surface area contributed by atoms with Crippen LogP contribution in [0.5, 0.6) is 0 Å². The molecule has 0 bridgehead atoms. The number of imidazole rings is 1. The van der Waals surface area contributed by atoms with Crippen molar-refractivity contribution >= 4 is 37.9 Å². The van der Waals surface area contributed by atoms with E-state index in [9.17, 15) is 8.42 Å². The Hall–Kier alpha value is -0.670. The van der Waals surface area contributed by atoms with Crippen LogP contribution in [0.4, 0.5) is 0 Å². The molecule has 0 amide bonds. The van der Waals surface area contributed by atoms with Gasteiger partial charge in [0.2, 0.25) is 0 Å². The average Bonchev–Trinajstić information content (AvgIpc) is 2.74. The zero-order valence-electron chi connectivity index (χ0n) is 9.75. The molecule has 0 aliphatic heterocycles. The summed E-state index contributed by atoms with van der Waals surface area (Å²) < 4.78 is 25.5. The molecule has 0 aromatic carbocycles. The molecule has 0 aliphatic carbocycles. The number of halogens is 1. The van der Waals surface area contributed by atoms with Gasteiger partial charge >= 0.3 is 0 Å². The lowest BCUT2D eigenvalue weighted by Gasteiger charge is -2.08. The molecule has 1 N–H and O–H groups in total. The molecule has 0 spiro atoms. The molecule has 0 aliphatic rings. The second-order valence-corrected chi connectivity index (χ2v) is 6.85. The minimum absolute atomic E-state index is 0.0671. The van der Waals surface area contributed by atoms with E-state index in [0.717, 1.165) is 0 Å². The van der Waals surface area contributed by atoms with Crippen LogP contribution in [0.25, 0.3) is 4.96 Å². The summed E-state index contributed by atoms with van der Waals surface area (Å²) in [5.41, 5.74) is 0. The highest BCUT2D eigenvalue weighted by Gasteiger charge is 2.25. The lowest BCUT2D eigenvalue weighted by molar-refractivity contribution is 0.0717. The van der Waals surface area contributed by atoms with Crippen LogP contribution in [0, 0.1) is 5.92 Å². The van der Waals surface area contributed by atoms with E-state index < -0.39 is 10.0 Å². The van der Waals surface area contributed by atoms with E-state index in [0.29, 0.717) is 4.96 Å². The molecular formula is C9H12ClN3O3S2. The maximum absolute atomic E-state index is 12.0. The Morgan fingerprint density at radius 2 is 2.33 bits per heavy atom. The fraction of sp³-hybridized carbons (Fsp3) is 0.444. The number of aromatic nitrogens is 2. The van der Waals surface area contributed by atoms with Crippen molar-refractivity contribution in [3.05, 3.63) is 16.7 Å². The Bertz CT molecular complexity index is 647. The van der Waals surface area contributed by atoms with Crippen molar-refractivity contribution in [2.24, 2.45) is 5.92 Å². The summed E-state index contributed by atoms with van der Waals surface area (Å²) in [4.78, 5) is 11.4. The topological polar surface area (TPSA) is 72.7 Å². The third-order valence-corrected chi connectivity index (χ3v) is 4.39. The number of rotatable bonds is 5. The van der Waals surface area contributed by atoms with Crippen LogP contribution in [-0.2, 0) is 14.9 Å². The van der Waals surface area contributed by atoms with Crippen LogP contribution in [-0.4, -0.2) is 24.4 Å². The van der Waals surface area contributed by atoms with Crippen molar-refractivity contribution in [1.29, 1.82) is 0 Å². The zero-order chi connectivity index (χ0) is 13.3. The Morgan fingerprint density at radius 1 is 1.61 bits per heavy atom. The Morgan fingerprint density at radius 3 is 3.00 bits per heavy atom. The van der Waals surface area contributed by atoms with Gasteiger partial charge in [-0.2, -0.15) is 0 Å². The Kier molecular flexibility index (Phi) is 3.93. The van der Waals surface area contributed by atoms with Gasteiger partial charge in [0, 0.05) is 11.6 Å². The van der Waals surface area contributed by atoms with Gasteiger partial charge in [0.25, 0.3) is 10.0 Å². The van der Waals surface area contributed by atoms with Crippen LogP contribution >= 0.6 is 22.9 Å². The summed E-state index contributed by atoms with van der Waals surface area (Å²) in [7, 11) is -3.84. The molecule has 0 radical (unpaired) electrons. The van der Waals surface area contributed by atoms with Crippen molar-refractivity contribution in [3.63, 3.8) is 0 Å². The molecule has 6 nitrogen and oxygen atoms in total. The van der Waals surface area contributed by atoms with Gasteiger partial charge in [-0.1, -0.05) is 30.3 Å². The Labute approximate surface area is 114 Å². The zero-order valence-corrected chi connectivity index (χ0v) is 12.1. The van der Waals surface area contributed by atoms with E-state index in [-0.39, 0.29) is 22.7 Å². The third kappa shape index (κ3) is 2.67. The minimum atomic E-state index is -3.84. The first-order valence-corrected chi connectivity index (χ1v) is 7.90. The van der Waals surface area contributed by atoms with Crippen LogP contribution < -0.4 is 4.89 Å². The monoisotopic (exact) mass is 309 g/mol. The quantitative estimate of drug-likeness (QED) is 0.856. The number of hydrogen-bond acceptors (Lipinski definition) is 5.